The number of hydrogen-bond donors (Lipinski definition) is 1. The first kappa shape index (κ1) is 20.8. The quantitative estimate of drug-likeness (QED) is 0.476. The molecule has 0 aliphatic heterocycles. The van der Waals surface area contributed by atoms with Crippen LogP contribution in [0.15, 0.2) is 78.9 Å². The third-order valence-corrected chi connectivity index (χ3v) is 5.42. The second-order valence-corrected chi connectivity index (χ2v) is 7.43. The Hall–Kier alpha value is -4.48. The summed E-state index contributed by atoms with van der Waals surface area (Å²) in [6.45, 7) is 1.85. The molecule has 0 radical (unpaired) electrons. The number of nitrogens with one attached hydrogen (secondary N) is 1. The SMILES string of the molecule is C[C@H](NC(=O)c1c(CC#N)c(-c2ccccc2)nc2ccccc12)c1ccccc1C#N. The highest BCUT2D eigenvalue weighted by atomic mass is 16.1. The van der Waals surface area contributed by atoms with Crippen molar-refractivity contribution in [2.24, 2.45) is 0 Å². The second kappa shape index (κ2) is 9.12. The number of para-hydroxylation sites is 1. The lowest BCUT2D eigenvalue weighted by molar-refractivity contribution is 0.0940. The topological polar surface area (TPSA) is 89.6 Å². The summed E-state index contributed by atoms with van der Waals surface area (Å²) in [6.07, 6.45) is 0.0496. The molecule has 4 rings (SSSR count). The van der Waals surface area contributed by atoms with Crippen LogP contribution < -0.4 is 5.32 Å². The number of hydrogen-bond acceptors (Lipinski definition) is 4. The summed E-state index contributed by atoms with van der Waals surface area (Å²) in [5.41, 5.74) is 4.45. The second-order valence-electron chi connectivity index (χ2n) is 7.43. The molecule has 0 fully saturated rings. The normalized spacial score (nSPS) is 11.3. The van der Waals surface area contributed by atoms with Gasteiger partial charge in [0.1, 0.15) is 0 Å². The summed E-state index contributed by atoms with van der Waals surface area (Å²) in [4.78, 5) is 18.4. The molecule has 0 bridgehead atoms. The van der Waals surface area contributed by atoms with Crippen molar-refractivity contribution in [3.05, 3.63) is 101 Å². The molecule has 154 valence electrons. The Morgan fingerprint density at radius 2 is 1.66 bits per heavy atom. The molecule has 1 aromatic heterocycles. The Bertz CT molecular complexity index is 1380. The molecule has 0 aliphatic rings. The van der Waals surface area contributed by atoms with E-state index in [1.165, 1.54) is 0 Å². The zero-order valence-corrected chi connectivity index (χ0v) is 17.5. The molecule has 0 saturated carbocycles. The summed E-state index contributed by atoms with van der Waals surface area (Å²) >= 11 is 0. The third-order valence-electron chi connectivity index (χ3n) is 5.42. The fraction of sp³-hybridized carbons (Fsp3) is 0.111. The molecule has 3 aromatic carbocycles. The zero-order valence-electron chi connectivity index (χ0n) is 17.5. The highest BCUT2D eigenvalue weighted by Gasteiger charge is 2.23. The predicted octanol–water partition coefficient (Wildman–Crippen LogP) is 5.33. The Balaban J connectivity index is 1.87. The highest BCUT2D eigenvalue weighted by Crippen LogP contribution is 2.31. The summed E-state index contributed by atoms with van der Waals surface area (Å²) in [7, 11) is 0. The fourth-order valence-corrected chi connectivity index (χ4v) is 3.92. The van der Waals surface area contributed by atoms with Gasteiger partial charge < -0.3 is 5.32 Å². The smallest absolute Gasteiger partial charge is 0.252 e. The minimum absolute atomic E-state index is 0.0496. The Labute approximate surface area is 186 Å². The maximum absolute atomic E-state index is 13.6. The van der Waals surface area contributed by atoms with Gasteiger partial charge in [0, 0.05) is 16.5 Å². The van der Waals surface area contributed by atoms with Crippen LogP contribution in [0.1, 0.15) is 40.0 Å². The lowest BCUT2D eigenvalue weighted by Crippen LogP contribution is -2.28. The molecule has 1 N–H and O–H groups in total. The van der Waals surface area contributed by atoms with E-state index in [-0.39, 0.29) is 18.4 Å². The van der Waals surface area contributed by atoms with E-state index in [2.05, 4.69) is 17.5 Å². The highest BCUT2D eigenvalue weighted by molar-refractivity contribution is 6.09. The van der Waals surface area contributed by atoms with Gasteiger partial charge in [-0.2, -0.15) is 10.5 Å². The molecule has 4 aromatic rings. The monoisotopic (exact) mass is 416 g/mol. The maximum atomic E-state index is 13.6. The van der Waals surface area contributed by atoms with Gasteiger partial charge in [0.05, 0.1) is 46.9 Å². The Morgan fingerprint density at radius 1 is 0.969 bits per heavy atom. The number of nitrogens with zero attached hydrogens (tertiary/aromatic N) is 3. The van der Waals surface area contributed by atoms with Gasteiger partial charge in [-0.1, -0.05) is 66.7 Å². The van der Waals surface area contributed by atoms with E-state index >= 15 is 0 Å². The molecule has 0 spiro atoms. The molecule has 1 heterocycles. The zero-order chi connectivity index (χ0) is 22.5. The Kier molecular flexibility index (Phi) is 5.92. The van der Waals surface area contributed by atoms with Gasteiger partial charge in [-0.05, 0) is 24.6 Å². The first-order valence-electron chi connectivity index (χ1n) is 10.3. The number of rotatable bonds is 5. The van der Waals surface area contributed by atoms with Crippen molar-refractivity contribution < 1.29 is 4.79 Å². The molecule has 5 nitrogen and oxygen atoms in total. The van der Waals surface area contributed by atoms with Crippen molar-refractivity contribution >= 4 is 16.8 Å². The molecule has 0 aliphatic carbocycles. The van der Waals surface area contributed by atoms with Gasteiger partial charge in [-0.15, -0.1) is 0 Å². The molecular weight excluding hydrogens is 396 g/mol. The third kappa shape index (κ3) is 3.93. The molecular formula is C27H20N4O. The molecule has 1 atom stereocenters. The van der Waals surface area contributed by atoms with Crippen LogP contribution in [0.25, 0.3) is 22.2 Å². The van der Waals surface area contributed by atoms with E-state index in [9.17, 15) is 15.3 Å². The van der Waals surface area contributed by atoms with Crippen LogP contribution in [0.3, 0.4) is 0 Å². The van der Waals surface area contributed by atoms with Gasteiger partial charge in [0.2, 0.25) is 0 Å². The molecule has 0 saturated heterocycles. The van der Waals surface area contributed by atoms with E-state index in [0.717, 1.165) is 11.1 Å². The summed E-state index contributed by atoms with van der Waals surface area (Å²) in [6, 6.07) is 28.2. The van der Waals surface area contributed by atoms with Crippen LogP contribution in [-0.2, 0) is 6.42 Å². The van der Waals surface area contributed by atoms with E-state index < -0.39 is 0 Å². The van der Waals surface area contributed by atoms with Crippen molar-refractivity contribution in [3.63, 3.8) is 0 Å². The first-order chi connectivity index (χ1) is 15.6. The van der Waals surface area contributed by atoms with Crippen LogP contribution in [0.4, 0.5) is 0 Å². The number of carbonyl (C=O) groups excluding carboxylic acids is 1. The van der Waals surface area contributed by atoms with Crippen molar-refractivity contribution in [3.8, 4) is 23.4 Å². The number of fused-ring (bicyclic) bond motifs is 1. The van der Waals surface area contributed by atoms with Gasteiger partial charge in [-0.25, -0.2) is 4.98 Å². The standard InChI is InChI=1S/C27H20N4O/c1-18(21-12-6-5-11-20(21)17-29)30-27(32)25-22-13-7-8-14-24(22)31-26(23(25)15-16-28)19-9-3-2-4-10-19/h2-14,18H,15H2,1H3,(H,30,32)/t18-/m0/s1. The average Bonchev–Trinajstić information content (AvgIpc) is 2.84. The van der Waals surface area contributed by atoms with E-state index in [1.807, 2.05) is 73.7 Å². The van der Waals surface area contributed by atoms with Crippen LogP contribution in [0.5, 0.6) is 0 Å². The molecule has 32 heavy (non-hydrogen) atoms. The van der Waals surface area contributed by atoms with Crippen molar-refractivity contribution in [2.45, 2.75) is 19.4 Å². The predicted molar refractivity (Wildman–Crippen MR) is 124 cm³/mol. The molecule has 5 heteroatoms. The summed E-state index contributed by atoms with van der Waals surface area (Å²) in [5, 5.41) is 22.7. The van der Waals surface area contributed by atoms with Gasteiger partial charge in [0.25, 0.3) is 5.91 Å². The minimum Gasteiger partial charge on any atom is -0.345 e. The number of aromatic nitrogens is 1. The van der Waals surface area contributed by atoms with Crippen LogP contribution >= 0.6 is 0 Å². The van der Waals surface area contributed by atoms with Gasteiger partial charge in [0.15, 0.2) is 0 Å². The molecule has 1 amide bonds. The minimum atomic E-state index is -0.389. The summed E-state index contributed by atoms with van der Waals surface area (Å²) in [5.74, 6) is -0.300. The Morgan fingerprint density at radius 3 is 2.41 bits per heavy atom. The number of pyridine rings is 1. The van der Waals surface area contributed by atoms with Crippen LogP contribution in [0, 0.1) is 22.7 Å². The first-order valence-corrected chi connectivity index (χ1v) is 10.3. The van der Waals surface area contributed by atoms with E-state index in [4.69, 9.17) is 4.98 Å². The van der Waals surface area contributed by atoms with Gasteiger partial charge >= 0.3 is 0 Å². The van der Waals surface area contributed by atoms with Crippen molar-refractivity contribution in [1.29, 1.82) is 10.5 Å². The lowest BCUT2D eigenvalue weighted by Gasteiger charge is -2.19. The van der Waals surface area contributed by atoms with Crippen molar-refractivity contribution in [1.82, 2.24) is 10.3 Å². The van der Waals surface area contributed by atoms with Crippen LogP contribution in [-0.4, -0.2) is 10.9 Å². The number of nitriles is 2. The van der Waals surface area contributed by atoms with Crippen molar-refractivity contribution in [2.75, 3.05) is 0 Å². The largest absolute Gasteiger partial charge is 0.345 e. The average molecular weight is 416 g/mol. The van der Waals surface area contributed by atoms with E-state index in [0.29, 0.717) is 33.3 Å². The van der Waals surface area contributed by atoms with E-state index in [1.54, 1.807) is 12.1 Å². The number of carbonyl (C=O) groups is 1. The van der Waals surface area contributed by atoms with Gasteiger partial charge in [-0.3, -0.25) is 4.79 Å². The maximum Gasteiger partial charge on any atom is 0.252 e. The lowest BCUT2D eigenvalue weighted by atomic mass is 9.94. The number of amides is 1. The summed E-state index contributed by atoms with van der Waals surface area (Å²) < 4.78 is 0. The molecule has 0 unspecified atom stereocenters. The number of benzene rings is 3. The fourth-order valence-electron chi connectivity index (χ4n) is 3.92. The van der Waals surface area contributed by atoms with Crippen LogP contribution in [0.2, 0.25) is 0 Å².